The summed E-state index contributed by atoms with van der Waals surface area (Å²) in [5.74, 6) is 0. The number of hydrogen-bond acceptors (Lipinski definition) is 3. The van der Waals surface area contributed by atoms with Crippen molar-refractivity contribution < 1.29 is 21.6 Å². The van der Waals surface area contributed by atoms with Crippen LogP contribution in [-0.2, 0) is 16.4 Å². The van der Waals surface area contributed by atoms with Gasteiger partial charge in [-0.3, -0.25) is 0 Å². The van der Waals surface area contributed by atoms with Crippen LogP contribution in [0.15, 0.2) is 29.2 Å². The Labute approximate surface area is 140 Å². The van der Waals surface area contributed by atoms with Gasteiger partial charge in [-0.25, -0.2) is 13.1 Å². The number of benzene rings is 1. The van der Waals surface area contributed by atoms with Crippen LogP contribution in [0.5, 0.6) is 0 Å². The van der Waals surface area contributed by atoms with Gasteiger partial charge in [0.2, 0.25) is 10.0 Å². The maximum absolute atomic E-state index is 12.3. The van der Waals surface area contributed by atoms with Gasteiger partial charge >= 0.3 is 6.18 Å². The molecule has 0 aliphatic carbocycles. The summed E-state index contributed by atoms with van der Waals surface area (Å²) in [6, 6.07) is 4.63. The van der Waals surface area contributed by atoms with Crippen molar-refractivity contribution in [2.24, 2.45) is 0 Å². The summed E-state index contributed by atoms with van der Waals surface area (Å²) in [5, 5.41) is 3.19. The molecule has 1 aliphatic heterocycles. The summed E-state index contributed by atoms with van der Waals surface area (Å²) in [4.78, 5) is -0.0174. The Hall–Kier alpha value is -0.830. The number of nitrogens with one attached hydrogen (secondary N) is 2. The van der Waals surface area contributed by atoms with Crippen molar-refractivity contribution in [1.29, 1.82) is 0 Å². The topological polar surface area (TPSA) is 58.2 Å². The normalized spacial score (nSPS) is 22.4. The maximum Gasteiger partial charge on any atom is 0.393 e. The van der Waals surface area contributed by atoms with Crippen molar-refractivity contribution in [3.8, 4) is 0 Å². The van der Waals surface area contributed by atoms with Gasteiger partial charge in [-0.05, 0) is 44.0 Å². The Morgan fingerprint density at radius 1 is 1.26 bits per heavy atom. The molecule has 0 saturated carbocycles. The van der Waals surface area contributed by atoms with Gasteiger partial charge in [0.1, 0.15) is 0 Å². The molecule has 1 aromatic rings. The van der Waals surface area contributed by atoms with Crippen LogP contribution in [0.4, 0.5) is 13.2 Å². The van der Waals surface area contributed by atoms with E-state index in [0.717, 1.165) is 19.4 Å². The van der Waals surface area contributed by atoms with Crippen LogP contribution in [0.1, 0.15) is 25.3 Å². The summed E-state index contributed by atoms with van der Waals surface area (Å²) in [6.07, 6.45) is -3.76. The molecule has 1 heterocycles. The van der Waals surface area contributed by atoms with E-state index < -0.39 is 22.6 Å². The second-order valence-electron chi connectivity index (χ2n) is 5.55. The van der Waals surface area contributed by atoms with Gasteiger partial charge in [0.05, 0.1) is 11.3 Å². The zero-order valence-electron chi connectivity index (χ0n) is 12.6. The Bertz CT molecular complexity index is 605. The molecule has 2 unspecified atom stereocenters. The predicted octanol–water partition coefficient (Wildman–Crippen LogP) is 2.63. The predicted molar refractivity (Wildman–Crippen MR) is 84.3 cm³/mol. The highest BCUT2D eigenvalue weighted by Gasteiger charge is 2.29. The fourth-order valence-corrected chi connectivity index (χ4v) is 3.84. The summed E-state index contributed by atoms with van der Waals surface area (Å²) in [7, 11) is -3.72. The van der Waals surface area contributed by atoms with Crippen LogP contribution >= 0.6 is 12.4 Å². The zero-order chi connectivity index (χ0) is 16.4. The lowest BCUT2D eigenvalue weighted by atomic mass is 10.0. The fourth-order valence-electron chi connectivity index (χ4n) is 2.49. The van der Waals surface area contributed by atoms with Gasteiger partial charge in [-0.2, -0.15) is 13.2 Å². The summed E-state index contributed by atoms with van der Waals surface area (Å²) in [5.41, 5.74) is 0.0409. The first-order valence-corrected chi connectivity index (χ1v) is 8.57. The molecule has 1 aliphatic rings. The molecule has 0 aromatic heterocycles. The highest BCUT2D eigenvalue weighted by molar-refractivity contribution is 7.89. The Morgan fingerprint density at radius 3 is 2.39 bits per heavy atom. The lowest BCUT2D eigenvalue weighted by molar-refractivity contribution is -0.127. The molecule has 2 rings (SSSR count). The van der Waals surface area contributed by atoms with Crippen LogP contribution in [-0.4, -0.2) is 33.2 Å². The molecular weight excluding hydrogens is 353 g/mol. The monoisotopic (exact) mass is 372 g/mol. The SMILES string of the molecule is CC1NCCCC1NS(=O)(=O)c1ccc(CC(F)(F)F)cc1.Cl. The molecule has 2 N–H and O–H groups in total. The van der Waals surface area contributed by atoms with Crippen molar-refractivity contribution in [2.45, 2.75) is 49.3 Å². The molecule has 0 radical (unpaired) electrons. The molecule has 1 aromatic carbocycles. The molecule has 0 amide bonds. The first kappa shape index (κ1) is 20.2. The molecule has 9 heteroatoms. The largest absolute Gasteiger partial charge is 0.393 e. The highest BCUT2D eigenvalue weighted by atomic mass is 35.5. The smallest absolute Gasteiger partial charge is 0.313 e. The Balaban J connectivity index is 0.00000264. The molecule has 1 fully saturated rings. The molecule has 132 valence electrons. The fraction of sp³-hybridized carbons (Fsp3) is 0.571. The standard InChI is InChI=1S/C14H19F3N2O2S.ClH/c1-10-13(3-2-8-18-10)19-22(20,21)12-6-4-11(5-7-12)9-14(15,16)17;/h4-7,10,13,18-19H,2-3,8-9H2,1H3;1H. The average Bonchev–Trinajstić information content (AvgIpc) is 2.40. The van der Waals surface area contributed by atoms with Gasteiger partial charge in [-0.15, -0.1) is 12.4 Å². The van der Waals surface area contributed by atoms with E-state index in [-0.39, 0.29) is 34.9 Å². The second-order valence-corrected chi connectivity index (χ2v) is 7.26. The summed E-state index contributed by atoms with van der Waals surface area (Å²) >= 11 is 0. The van der Waals surface area contributed by atoms with Crippen LogP contribution in [0.3, 0.4) is 0 Å². The van der Waals surface area contributed by atoms with Crippen molar-refractivity contribution in [3.63, 3.8) is 0 Å². The molecular formula is C14H20ClF3N2O2S. The molecule has 0 spiro atoms. The lowest BCUT2D eigenvalue weighted by Gasteiger charge is -2.30. The van der Waals surface area contributed by atoms with Gasteiger partial charge in [0, 0.05) is 12.1 Å². The van der Waals surface area contributed by atoms with E-state index in [4.69, 9.17) is 0 Å². The first-order valence-electron chi connectivity index (χ1n) is 7.09. The molecule has 4 nitrogen and oxygen atoms in total. The van der Waals surface area contributed by atoms with Crippen molar-refractivity contribution in [1.82, 2.24) is 10.0 Å². The van der Waals surface area contributed by atoms with E-state index in [0.29, 0.717) is 0 Å². The second kappa shape index (κ2) is 7.83. The van der Waals surface area contributed by atoms with Crippen molar-refractivity contribution in [2.75, 3.05) is 6.54 Å². The molecule has 0 bridgehead atoms. The van der Waals surface area contributed by atoms with Crippen LogP contribution in [0, 0.1) is 0 Å². The number of piperidine rings is 1. The quantitative estimate of drug-likeness (QED) is 0.854. The minimum Gasteiger partial charge on any atom is -0.313 e. The van der Waals surface area contributed by atoms with E-state index in [9.17, 15) is 21.6 Å². The van der Waals surface area contributed by atoms with Gasteiger partial charge in [-0.1, -0.05) is 12.1 Å². The number of halogens is 4. The minimum absolute atomic E-state index is 0. The van der Waals surface area contributed by atoms with Crippen molar-refractivity contribution >= 4 is 22.4 Å². The molecule has 1 saturated heterocycles. The summed E-state index contributed by atoms with van der Waals surface area (Å²) in [6.45, 7) is 2.75. The van der Waals surface area contributed by atoms with E-state index in [1.54, 1.807) is 0 Å². The third-order valence-corrected chi connectivity index (χ3v) is 5.21. The van der Waals surface area contributed by atoms with E-state index in [1.165, 1.54) is 24.3 Å². The first-order chi connectivity index (χ1) is 10.2. The molecule has 2 atom stereocenters. The van der Waals surface area contributed by atoms with Gasteiger partial charge in [0.25, 0.3) is 0 Å². The summed E-state index contributed by atoms with van der Waals surface area (Å²) < 4.78 is 64.1. The highest BCUT2D eigenvalue weighted by Crippen LogP contribution is 2.22. The average molecular weight is 373 g/mol. The van der Waals surface area contributed by atoms with E-state index in [1.807, 2.05) is 6.92 Å². The Kier molecular flexibility index (Phi) is 6.88. The minimum atomic E-state index is -4.30. The van der Waals surface area contributed by atoms with Crippen LogP contribution < -0.4 is 10.0 Å². The third kappa shape index (κ3) is 5.95. The van der Waals surface area contributed by atoms with E-state index in [2.05, 4.69) is 10.0 Å². The number of rotatable bonds is 4. The Morgan fingerprint density at radius 2 is 1.87 bits per heavy atom. The van der Waals surface area contributed by atoms with Crippen LogP contribution in [0.2, 0.25) is 0 Å². The van der Waals surface area contributed by atoms with Gasteiger partial charge < -0.3 is 5.32 Å². The lowest BCUT2D eigenvalue weighted by Crippen LogP contribution is -2.51. The van der Waals surface area contributed by atoms with E-state index >= 15 is 0 Å². The van der Waals surface area contributed by atoms with Crippen molar-refractivity contribution in [3.05, 3.63) is 29.8 Å². The van der Waals surface area contributed by atoms with Crippen LogP contribution in [0.25, 0.3) is 0 Å². The third-order valence-electron chi connectivity index (χ3n) is 3.71. The maximum atomic E-state index is 12.3. The van der Waals surface area contributed by atoms with Gasteiger partial charge in [0.15, 0.2) is 0 Å². The molecule has 23 heavy (non-hydrogen) atoms. The number of alkyl halides is 3. The number of hydrogen-bond donors (Lipinski definition) is 2. The zero-order valence-corrected chi connectivity index (χ0v) is 14.2. The number of sulfonamides is 1.